The van der Waals surface area contributed by atoms with Gasteiger partial charge in [0.1, 0.15) is 11.5 Å². The second-order valence-corrected chi connectivity index (χ2v) is 9.46. The minimum atomic E-state index is -0.376. The molecule has 5 aromatic carbocycles. The summed E-state index contributed by atoms with van der Waals surface area (Å²) >= 11 is 0. The maximum absolute atomic E-state index is 13.1. The first-order valence-electron chi connectivity index (χ1n) is 13.0. The molecular weight excluding hydrogens is 444 g/mol. The van der Waals surface area contributed by atoms with Crippen LogP contribution in [-0.2, 0) is 0 Å². The molecule has 0 aliphatic heterocycles. The van der Waals surface area contributed by atoms with E-state index in [1.807, 2.05) is 42.5 Å². The van der Waals surface area contributed by atoms with Gasteiger partial charge < -0.3 is 9.47 Å². The number of hydrogen-bond donors (Lipinski definition) is 0. The highest BCUT2D eigenvalue weighted by Crippen LogP contribution is 2.39. The largest absolute Gasteiger partial charge is 0.491 e. The molecule has 0 aromatic heterocycles. The number of fused-ring (bicyclic) bond motifs is 6. The quantitative estimate of drug-likeness (QED) is 0.0921. The second kappa shape index (κ2) is 10.8. The Morgan fingerprint density at radius 3 is 1.92 bits per heavy atom. The number of carbonyl (C=O) groups is 1. The highest BCUT2D eigenvalue weighted by atomic mass is 16.5. The summed E-state index contributed by atoms with van der Waals surface area (Å²) < 4.78 is 12.0. The summed E-state index contributed by atoms with van der Waals surface area (Å²) in [7, 11) is 0. The van der Waals surface area contributed by atoms with Gasteiger partial charge in [0.2, 0.25) is 0 Å². The molecule has 1 atom stereocenters. The fraction of sp³-hybridized carbons (Fsp3) is 0.242. The fourth-order valence-electron chi connectivity index (χ4n) is 4.99. The van der Waals surface area contributed by atoms with Crippen molar-refractivity contribution in [3.05, 3.63) is 96.6 Å². The van der Waals surface area contributed by atoms with Crippen LogP contribution in [0.3, 0.4) is 0 Å². The summed E-state index contributed by atoms with van der Waals surface area (Å²) in [5.41, 5.74) is 0.500. The van der Waals surface area contributed by atoms with Gasteiger partial charge in [0.05, 0.1) is 11.7 Å². The highest BCUT2D eigenvalue weighted by molar-refractivity contribution is 6.27. The van der Waals surface area contributed by atoms with Crippen molar-refractivity contribution >= 4 is 38.3 Å². The monoisotopic (exact) mass is 476 g/mol. The van der Waals surface area contributed by atoms with Crippen molar-refractivity contribution in [1.29, 1.82) is 0 Å². The van der Waals surface area contributed by atoms with Crippen molar-refractivity contribution < 1.29 is 14.3 Å². The molecule has 0 N–H and O–H groups in total. The second-order valence-electron chi connectivity index (χ2n) is 9.46. The minimum Gasteiger partial charge on any atom is -0.491 e. The number of benzene rings is 5. The molecule has 0 aliphatic rings. The van der Waals surface area contributed by atoms with Gasteiger partial charge in [-0.1, -0.05) is 86.8 Å². The van der Waals surface area contributed by atoms with Crippen molar-refractivity contribution in [3.63, 3.8) is 0 Å². The van der Waals surface area contributed by atoms with Crippen LogP contribution in [0.4, 0.5) is 0 Å². The van der Waals surface area contributed by atoms with E-state index >= 15 is 0 Å². The zero-order chi connectivity index (χ0) is 24.9. The number of carbonyl (C=O) groups excluding carboxylic acids is 1. The molecule has 0 spiro atoms. The molecule has 0 amide bonds. The molecule has 0 saturated heterocycles. The zero-order valence-electron chi connectivity index (χ0n) is 21.0. The Labute approximate surface area is 212 Å². The summed E-state index contributed by atoms with van der Waals surface area (Å²) in [4.78, 5) is 13.1. The van der Waals surface area contributed by atoms with Gasteiger partial charge in [0.25, 0.3) is 0 Å². The zero-order valence-corrected chi connectivity index (χ0v) is 21.0. The van der Waals surface area contributed by atoms with E-state index in [9.17, 15) is 4.79 Å². The molecule has 0 bridgehead atoms. The first kappa shape index (κ1) is 23.9. The molecule has 5 aromatic rings. The normalized spacial score (nSPS) is 12.2. The van der Waals surface area contributed by atoms with Crippen LogP contribution in [0.2, 0.25) is 0 Å². The van der Waals surface area contributed by atoms with Gasteiger partial charge in [-0.3, -0.25) is 0 Å². The Morgan fingerprint density at radius 1 is 0.694 bits per heavy atom. The Kier molecular flexibility index (Phi) is 7.18. The Bertz CT molecular complexity index is 1460. The van der Waals surface area contributed by atoms with Gasteiger partial charge in [-0.2, -0.15) is 0 Å². The van der Waals surface area contributed by atoms with Gasteiger partial charge in [0.15, 0.2) is 0 Å². The third-order valence-electron chi connectivity index (χ3n) is 6.82. The molecule has 182 valence electrons. The van der Waals surface area contributed by atoms with E-state index in [-0.39, 0.29) is 12.1 Å². The van der Waals surface area contributed by atoms with Gasteiger partial charge in [-0.25, -0.2) is 4.79 Å². The lowest BCUT2D eigenvalue weighted by Gasteiger charge is -2.15. The predicted molar refractivity (Wildman–Crippen MR) is 149 cm³/mol. The van der Waals surface area contributed by atoms with Gasteiger partial charge in [-0.15, -0.1) is 0 Å². The summed E-state index contributed by atoms with van der Waals surface area (Å²) in [5.74, 6) is 0.969. The van der Waals surface area contributed by atoms with E-state index in [1.165, 1.54) is 31.1 Å². The molecule has 3 heteroatoms. The number of unbranched alkanes of at least 4 members (excludes halogenated alkanes) is 3. The Balaban J connectivity index is 1.39. The summed E-state index contributed by atoms with van der Waals surface area (Å²) in [5, 5.41) is 6.60. The molecule has 5 rings (SSSR count). The van der Waals surface area contributed by atoms with E-state index < -0.39 is 0 Å². The Morgan fingerprint density at radius 2 is 1.28 bits per heavy atom. The molecular formula is C33H32O3. The lowest BCUT2D eigenvalue weighted by molar-refractivity contribution is 0.0737. The number of esters is 1. The van der Waals surface area contributed by atoms with Gasteiger partial charge in [0, 0.05) is 5.39 Å². The van der Waals surface area contributed by atoms with E-state index in [2.05, 4.69) is 50.2 Å². The van der Waals surface area contributed by atoms with Crippen molar-refractivity contribution in [2.75, 3.05) is 0 Å². The average Bonchev–Trinajstić information content (AvgIpc) is 2.91. The SMILES string of the molecule is CCCCCCC(C)Oc1ccc(C(=O)Oc2cccc3c4ccccc4c4ccccc4c23)cc1. The molecule has 1 unspecified atom stereocenters. The van der Waals surface area contributed by atoms with E-state index in [4.69, 9.17) is 9.47 Å². The van der Waals surface area contributed by atoms with Crippen LogP contribution < -0.4 is 9.47 Å². The van der Waals surface area contributed by atoms with E-state index in [1.54, 1.807) is 12.1 Å². The number of rotatable bonds is 9. The predicted octanol–water partition coefficient (Wildman–Crippen LogP) is 9.10. The van der Waals surface area contributed by atoms with Crippen LogP contribution in [0.25, 0.3) is 32.3 Å². The third kappa shape index (κ3) is 4.92. The van der Waals surface area contributed by atoms with Crippen LogP contribution in [0, 0.1) is 0 Å². The smallest absolute Gasteiger partial charge is 0.343 e. The highest BCUT2D eigenvalue weighted by Gasteiger charge is 2.16. The molecule has 3 nitrogen and oxygen atoms in total. The van der Waals surface area contributed by atoms with Crippen molar-refractivity contribution in [2.45, 2.75) is 52.1 Å². The molecule has 36 heavy (non-hydrogen) atoms. The van der Waals surface area contributed by atoms with Gasteiger partial charge >= 0.3 is 5.97 Å². The maximum atomic E-state index is 13.1. The minimum absolute atomic E-state index is 0.151. The lowest BCUT2D eigenvalue weighted by atomic mass is 9.94. The molecule has 0 heterocycles. The number of ether oxygens (including phenoxy) is 2. The summed E-state index contributed by atoms with van der Waals surface area (Å²) in [6.07, 6.45) is 6.11. The molecule has 0 aliphatic carbocycles. The maximum Gasteiger partial charge on any atom is 0.343 e. The summed E-state index contributed by atoms with van der Waals surface area (Å²) in [6.45, 7) is 4.32. The van der Waals surface area contributed by atoms with Crippen LogP contribution in [0.15, 0.2) is 91.0 Å². The third-order valence-corrected chi connectivity index (χ3v) is 6.82. The van der Waals surface area contributed by atoms with Crippen molar-refractivity contribution in [1.82, 2.24) is 0 Å². The van der Waals surface area contributed by atoms with Gasteiger partial charge in [-0.05, 0) is 77.0 Å². The first-order valence-corrected chi connectivity index (χ1v) is 13.0. The first-order chi connectivity index (χ1) is 17.7. The topological polar surface area (TPSA) is 35.5 Å². The van der Waals surface area contributed by atoms with Crippen LogP contribution in [0.5, 0.6) is 11.5 Å². The fourth-order valence-corrected chi connectivity index (χ4v) is 4.99. The van der Waals surface area contributed by atoms with Crippen LogP contribution in [-0.4, -0.2) is 12.1 Å². The standard InChI is InChI=1S/C33H32O3/c1-3-4-5-6-12-23(2)35-25-21-19-24(20-22-25)33(34)36-31-18-11-17-30-28-14-8-7-13-26(28)27-15-9-10-16-29(27)32(30)31/h7-11,13-23H,3-6,12H2,1-2H3. The lowest BCUT2D eigenvalue weighted by Crippen LogP contribution is -2.12. The average molecular weight is 477 g/mol. The van der Waals surface area contributed by atoms with E-state index in [0.29, 0.717) is 11.3 Å². The number of hydrogen-bond acceptors (Lipinski definition) is 3. The van der Waals surface area contributed by atoms with Crippen molar-refractivity contribution in [3.8, 4) is 11.5 Å². The molecule has 0 saturated carbocycles. The van der Waals surface area contributed by atoms with Crippen LogP contribution >= 0.6 is 0 Å². The van der Waals surface area contributed by atoms with Crippen molar-refractivity contribution in [2.24, 2.45) is 0 Å². The molecule has 0 fully saturated rings. The molecule has 0 radical (unpaired) electrons. The van der Waals surface area contributed by atoms with Crippen LogP contribution in [0.1, 0.15) is 56.3 Å². The Hall–Kier alpha value is -3.85. The van der Waals surface area contributed by atoms with E-state index in [0.717, 1.165) is 39.1 Å². The summed E-state index contributed by atoms with van der Waals surface area (Å²) in [6, 6.07) is 29.8.